The average Bonchev–Trinajstić information content (AvgIpc) is 2.74. The second-order valence-electron chi connectivity index (χ2n) is 4.90. The van der Waals surface area contributed by atoms with Gasteiger partial charge in [0.2, 0.25) is 5.91 Å². The first-order chi connectivity index (χ1) is 9.18. The molecule has 0 radical (unpaired) electrons. The first kappa shape index (κ1) is 11.9. The van der Waals surface area contributed by atoms with E-state index in [1.54, 1.807) is 6.92 Å². The van der Waals surface area contributed by atoms with E-state index in [1.165, 1.54) is 22.3 Å². The molecule has 0 heterocycles. The maximum absolute atomic E-state index is 11.3. The molecule has 1 unspecified atom stereocenters. The van der Waals surface area contributed by atoms with Gasteiger partial charge in [-0.25, -0.2) is 0 Å². The van der Waals surface area contributed by atoms with Crippen molar-refractivity contribution in [1.82, 2.24) is 5.32 Å². The minimum absolute atomic E-state index is 0.0369. The lowest BCUT2D eigenvalue weighted by Crippen LogP contribution is -2.40. The van der Waals surface area contributed by atoms with E-state index in [-0.39, 0.29) is 18.0 Å². The maximum atomic E-state index is 11.3. The summed E-state index contributed by atoms with van der Waals surface area (Å²) in [6, 6.07) is 16.2. The second kappa shape index (κ2) is 4.52. The Balaban J connectivity index is 2.07. The van der Waals surface area contributed by atoms with Crippen molar-refractivity contribution in [2.24, 2.45) is 5.73 Å². The Morgan fingerprint density at radius 3 is 2.00 bits per heavy atom. The van der Waals surface area contributed by atoms with Crippen molar-refractivity contribution in [1.29, 1.82) is 0 Å². The Labute approximate surface area is 112 Å². The number of hydrogen-bond acceptors (Lipinski definition) is 2. The van der Waals surface area contributed by atoms with Gasteiger partial charge in [0.05, 0.1) is 12.1 Å². The lowest BCUT2D eigenvalue weighted by Gasteiger charge is -2.19. The topological polar surface area (TPSA) is 55.1 Å². The molecule has 1 aliphatic rings. The molecule has 3 heteroatoms. The smallest absolute Gasteiger partial charge is 0.234 e. The van der Waals surface area contributed by atoms with Crippen LogP contribution in [-0.4, -0.2) is 11.9 Å². The van der Waals surface area contributed by atoms with Gasteiger partial charge in [0, 0.05) is 0 Å². The van der Waals surface area contributed by atoms with Crippen molar-refractivity contribution in [2.75, 3.05) is 0 Å². The Bertz CT molecular complexity index is 591. The fraction of sp³-hybridized carbons (Fsp3) is 0.188. The number of primary amides is 1. The summed E-state index contributed by atoms with van der Waals surface area (Å²) in [4.78, 5) is 11.3. The van der Waals surface area contributed by atoms with Crippen LogP contribution in [0.3, 0.4) is 0 Å². The largest absolute Gasteiger partial charge is 0.368 e. The van der Waals surface area contributed by atoms with Crippen molar-refractivity contribution in [2.45, 2.75) is 19.0 Å². The molecule has 3 nitrogen and oxygen atoms in total. The quantitative estimate of drug-likeness (QED) is 0.880. The first-order valence-corrected chi connectivity index (χ1v) is 6.42. The standard InChI is InChI=1S/C16H16N2O/c1-10(16(17)19)18-15-13-8-4-2-6-11(13)12-7-3-5-9-14(12)15/h2-10,15,18H,1H3,(H2,17,19). The SMILES string of the molecule is CC(NC1c2ccccc2-c2ccccc21)C(N)=O. The minimum atomic E-state index is -0.357. The van der Waals surface area contributed by atoms with E-state index in [1.807, 2.05) is 24.3 Å². The van der Waals surface area contributed by atoms with Gasteiger partial charge in [-0.3, -0.25) is 10.1 Å². The molecule has 0 fully saturated rings. The van der Waals surface area contributed by atoms with Crippen LogP contribution in [0.4, 0.5) is 0 Å². The van der Waals surface area contributed by atoms with E-state index in [0.717, 1.165) is 0 Å². The Kier molecular flexibility index (Phi) is 2.84. The maximum Gasteiger partial charge on any atom is 0.234 e. The summed E-state index contributed by atoms with van der Waals surface area (Å²) in [5.74, 6) is -0.332. The Morgan fingerprint density at radius 1 is 1.05 bits per heavy atom. The van der Waals surface area contributed by atoms with E-state index < -0.39 is 0 Å². The zero-order valence-corrected chi connectivity index (χ0v) is 10.8. The number of nitrogens with two attached hydrogens (primary N) is 1. The zero-order valence-electron chi connectivity index (χ0n) is 10.8. The third-order valence-corrected chi connectivity index (χ3v) is 3.68. The molecule has 3 N–H and O–H groups in total. The highest BCUT2D eigenvalue weighted by Gasteiger charge is 2.29. The van der Waals surface area contributed by atoms with E-state index in [4.69, 9.17) is 5.73 Å². The number of carbonyl (C=O) groups excluding carboxylic acids is 1. The summed E-state index contributed by atoms with van der Waals surface area (Å²) >= 11 is 0. The summed E-state index contributed by atoms with van der Waals surface area (Å²) in [5.41, 5.74) is 10.2. The molecule has 3 rings (SSSR count). The van der Waals surface area contributed by atoms with E-state index in [9.17, 15) is 4.79 Å². The number of amides is 1. The van der Waals surface area contributed by atoms with Crippen molar-refractivity contribution < 1.29 is 4.79 Å². The molecule has 2 aromatic rings. The number of carbonyl (C=O) groups is 1. The van der Waals surface area contributed by atoms with Gasteiger partial charge in [0.1, 0.15) is 0 Å². The van der Waals surface area contributed by atoms with E-state index in [0.29, 0.717) is 0 Å². The molecular formula is C16H16N2O. The number of rotatable bonds is 3. The van der Waals surface area contributed by atoms with E-state index >= 15 is 0 Å². The van der Waals surface area contributed by atoms with Crippen LogP contribution in [0.2, 0.25) is 0 Å². The summed E-state index contributed by atoms with van der Waals surface area (Å²) in [6.07, 6.45) is 0. The molecule has 0 saturated carbocycles. The fourth-order valence-corrected chi connectivity index (χ4v) is 2.67. The molecule has 0 aromatic heterocycles. The van der Waals surface area contributed by atoms with Crippen LogP contribution >= 0.6 is 0 Å². The summed E-state index contributed by atoms with van der Waals surface area (Å²) in [5, 5.41) is 3.32. The summed E-state index contributed by atoms with van der Waals surface area (Å²) < 4.78 is 0. The predicted octanol–water partition coefficient (Wildman–Crippen LogP) is 2.22. The number of benzene rings is 2. The Hall–Kier alpha value is -2.13. The van der Waals surface area contributed by atoms with Crippen LogP contribution < -0.4 is 11.1 Å². The van der Waals surface area contributed by atoms with Crippen LogP contribution in [0.15, 0.2) is 48.5 Å². The van der Waals surface area contributed by atoms with Gasteiger partial charge in [0.15, 0.2) is 0 Å². The molecule has 2 aromatic carbocycles. The predicted molar refractivity (Wildman–Crippen MR) is 75.5 cm³/mol. The van der Waals surface area contributed by atoms with Gasteiger partial charge in [-0.15, -0.1) is 0 Å². The zero-order chi connectivity index (χ0) is 13.4. The third-order valence-electron chi connectivity index (χ3n) is 3.68. The van der Waals surface area contributed by atoms with Crippen molar-refractivity contribution in [3.05, 3.63) is 59.7 Å². The minimum Gasteiger partial charge on any atom is -0.368 e. The molecule has 0 bridgehead atoms. The van der Waals surface area contributed by atoms with Crippen molar-refractivity contribution in [3.8, 4) is 11.1 Å². The average molecular weight is 252 g/mol. The monoisotopic (exact) mass is 252 g/mol. The number of nitrogens with one attached hydrogen (secondary N) is 1. The van der Waals surface area contributed by atoms with Crippen LogP contribution in [0, 0.1) is 0 Å². The molecule has 96 valence electrons. The van der Waals surface area contributed by atoms with Crippen LogP contribution in [-0.2, 0) is 4.79 Å². The number of hydrogen-bond donors (Lipinski definition) is 2. The molecule has 19 heavy (non-hydrogen) atoms. The molecule has 1 aliphatic carbocycles. The lowest BCUT2D eigenvalue weighted by molar-refractivity contribution is -0.119. The molecule has 0 saturated heterocycles. The van der Waals surface area contributed by atoms with Gasteiger partial charge in [-0.1, -0.05) is 48.5 Å². The van der Waals surface area contributed by atoms with Gasteiger partial charge < -0.3 is 5.73 Å². The van der Waals surface area contributed by atoms with Crippen LogP contribution in [0.5, 0.6) is 0 Å². The first-order valence-electron chi connectivity index (χ1n) is 6.42. The van der Waals surface area contributed by atoms with Crippen molar-refractivity contribution in [3.63, 3.8) is 0 Å². The summed E-state index contributed by atoms with van der Waals surface area (Å²) in [7, 11) is 0. The van der Waals surface area contributed by atoms with Crippen LogP contribution in [0.1, 0.15) is 24.1 Å². The Morgan fingerprint density at radius 2 is 1.53 bits per heavy atom. The highest BCUT2D eigenvalue weighted by atomic mass is 16.1. The van der Waals surface area contributed by atoms with Gasteiger partial charge in [-0.2, -0.15) is 0 Å². The van der Waals surface area contributed by atoms with Crippen LogP contribution in [0.25, 0.3) is 11.1 Å². The molecule has 0 spiro atoms. The lowest BCUT2D eigenvalue weighted by atomic mass is 10.0. The highest BCUT2D eigenvalue weighted by Crippen LogP contribution is 2.43. The molecule has 1 amide bonds. The molecule has 1 atom stereocenters. The number of fused-ring (bicyclic) bond motifs is 3. The fourth-order valence-electron chi connectivity index (χ4n) is 2.67. The van der Waals surface area contributed by atoms with Gasteiger partial charge >= 0.3 is 0 Å². The van der Waals surface area contributed by atoms with E-state index in [2.05, 4.69) is 29.6 Å². The second-order valence-corrected chi connectivity index (χ2v) is 4.90. The summed E-state index contributed by atoms with van der Waals surface area (Å²) in [6.45, 7) is 1.80. The highest BCUT2D eigenvalue weighted by molar-refractivity contribution is 5.81. The third kappa shape index (κ3) is 1.92. The normalized spacial score (nSPS) is 14.8. The molecule has 0 aliphatic heterocycles. The van der Waals surface area contributed by atoms with Gasteiger partial charge in [-0.05, 0) is 29.2 Å². The molecular weight excluding hydrogens is 236 g/mol. The van der Waals surface area contributed by atoms with Crippen molar-refractivity contribution >= 4 is 5.91 Å². The van der Waals surface area contributed by atoms with Gasteiger partial charge in [0.25, 0.3) is 0 Å².